The lowest BCUT2D eigenvalue weighted by Gasteiger charge is -2.16. The molecular weight excluding hydrogens is 295 g/mol. The Kier molecular flexibility index (Phi) is 5.35. The zero-order valence-corrected chi connectivity index (χ0v) is 11.8. The number of rotatable bonds is 6. The van der Waals surface area contributed by atoms with E-state index in [1.54, 1.807) is 0 Å². The van der Waals surface area contributed by atoms with Crippen molar-refractivity contribution in [1.82, 2.24) is 9.71 Å². The molecule has 20 heavy (non-hydrogen) atoms. The Balaban J connectivity index is 2.85. The highest BCUT2D eigenvalue weighted by molar-refractivity contribution is 7.89. The first kappa shape index (κ1) is 16.7. The summed E-state index contributed by atoms with van der Waals surface area (Å²) in [5, 5.41) is 2.83. The zero-order valence-electron chi connectivity index (χ0n) is 11.0. The van der Waals surface area contributed by atoms with Gasteiger partial charge in [0.15, 0.2) is 0 Å². The van der Waals surface area contributed by atoms with Gasteiger partial charge in [-0.15, -0.1) is 0 Å². The van der Waals surface area contributed by atoms with E-state index in [0.29, 0.717) is 12.4 Å². The maximum atomic E-state index is 12.2. The lowest BCUT2D eigenvalue weighted by atomic mass is 10.2. The van der Waals surface area contributed by atoms with Gasteiger partial charge in [0.25, 0.3) is 0 Å². The van der Waals surface area contributed by atoms with Gasteiger partial charge in [-0.1, -0.05) is 0 Å². The van der Waals surface area contributed by atoms with E-state index in [0.717, 1.165) is 6.92 Å². The summed E-state index contributed by atoms with van der Waals surface area (Å²) in [4.78, 5) is 3.77. The highest BCUT2D eigenvalue weighted by Gasteiger charge is 2.32. The number of halogens is 3. The average molecular weight is 311 g/mol. The van der Waals surface area contributed by atoms with Crippen molar-refractivity contribution in [3.8, 4) is 0 Å². The Morgan fingerprint density at radius 2 is 2.05 bits per heavy atom. The first-order valence-electron chi connectivity index (χ1n) is 5.93. The fourth-order valence-electron chi connectivity index (χ4n) is 1.58. The van der Waals surface area contributed by atoms with Gasteiger partial charge in [-0.3, -0.25) is 0 Å². The third-order valence-electron chi connectivity index (χ3n) is 2.29. The molecule has 1 unspecified atom stereocenters. The van der Waals surface area contributed by atoms with Crippen LogP contribution in [0, 0.1) is 0 Å². The van der Waals surface area contributed by atoms with Crippen molar-refractivity contribution in [3.05, 3.63) is 18.3 Å². The van der Waals surface area contributed by atoms with Gasteiger partial charge in [0, 0.05) is 24.8 Å². The van der Waals surface area contributed by atoms with Crippen molar-refractivity contribution in [2.75, 3.05) is 11.9 Å². The fraction of sp³-hybridized carbons (Fsp3) is 0.545. The second-order valence-corrected chi connectivity index (χ2v) is 5.96. The molecule has 1 atom stereocenters. The minimum atomic E-state index is -4.42. The van der Waals surface area contributed by atoms with Crippen molar-refractivity contribution < 1.29 is 21.6 Å². The van der Waals surface area contributed by atoms with Crippen LogP contribution in [0.1, 0.15) is 20.3 Å². The smallest absolute Gasteiger partial charge is 0.370 e. The molecule has 0 aliphatic heterocycles. The highest BCUT2D eigenvalue weighted by atomic mass is 32.2. The van der Waals surface area contributed by atoms with Crippen LogP contribution in [0.5, 0.6) is 0 Å². The van der Waals surface area contributed by atoms with E-state index in [1.807, 2.05) is 11.6 Å². The van der Waals surface area contributed by atoms with E-state index in [4.69, 9.17) is 0 Å². The lowest BCUT2D eigenvalue weighted by molar-refractivity contribution is -0.137. The number of anilines is 1. The van der Waals surface area contributed by atoms with Gasteiger partial charge < -0.3 is 5.32 Å². The second-order valence-electron chi connectivity index (χ2n) is 4.25. The number of aromatic nitrogens is 1. The van der Waals surface area contributed by atoms with E-state index in [-0.39, 0.29) is 4.90 Å². The van der Waals surface area contributed by atoms with Crippen LogP contribution < -0.4 is 10.0 Å². The average Bonchev–Trinajstić information content (AvgIpc) is 2.26. The number of sulfonamides is 1. The van der Waals surface area contributed by atoms with Gasteiger partial charge in [-0.25, -0.2) is 18.1 Å². The molecule has 0 saturated carbocycles. The van der Waals surface area contributed by atoms with Crippen molar-refractivity contribution >= 4 is 15.8 Å². The molecule has 0 aliphatic carbocycles. The van der Waals surface area contributed by atoms with Crippen LogP contribution in [0.2, 0.25) is 0 Å². The van der Waals surface area contributed by atoms with Gasteiger partial charge >= 0.3 is 6.18 Å². The Morgan fingerprint density at radius 1 is 1.40 bits per heavy atom. The van der Waals surface area contributed by atoms with Gasteiger partial charge in [0.05, 0.1) is 11.3 Å². The monoisotopic (exact) mass is 311 g/mol. The quantitative estimate of drug-likeness (QED) is 0.844. The lowest BCUT2D eigenvalue weighted by Crippen LogP contribution is -2.35. The van der Waals surface area contributed by atoms with Crippen LogP contribution in [0.25, 0.3) is 0 Å². The number of hydrogen-bond donors (Lipinski definition) is 2. The number of nitrogens with one attached hydrogen (secondary N) is 2. The molecule has 0 bridgehead atoms. The number of hydrogen-bond acceptors (Lipinski definition) is 4. The Labute approximate surface area is 115 Å². The van der Waals surface area contributed by atoms with E-state index in [9.17, 15) is 21.6 Å². The molecule has 9 heteroatoms. The van der Waals surface area contributed by atoms with Crippen LogP contribution >= 0.6 is 0 Å². The first-order valence-corrected chi connectivity index (χ1v) is 7.41. The molecule has 0 aliphatic rings. The van der Waals surface area contributed by atoms with Crippen LogP contribution in [0.4, 0.5) is 19.0 Å². The number of pyridine rings is 1. The molecule has 1 rings (SSSR count). The molecule has 0 fully saturated rings. The molecule has 0 spiro atoms. The topological polar surface area (TPSA) is 71.1 Å². The SMILES string of the molecule is CCNc1cc(S(=O)(=O)NC(C)CC(F)(F)F)ccn1. The molecule has 0 amide bonds. The van der Waals surface area contributed by atoms with Crippen LogP contribution in [-0.4, -0.2) is 32.2 Å². The summed E-state index contributed by atoms with van der Waals surface area (Å²) in [6.07, 6.45) is -4.37. The van der Waals surface area contributed by atoms with Crippen molar-refractivity contribution in [2.45, 2.75) is 37.4 Å². The van der Waals surface area contributed by atoms with Gasteiger partial charge in [0.2, 0.25) is 10.0 Å². The van der Waals surface area contributed by atoms with Crippen molar-refractivity contribution in [1.29, 1.82) is 0 Å². The molecule has 1 heterocycles. The van der Waals surface area contributed by atoms with Crippen molar-refractivity contribution in [2.24, 2.45) is 0 Å². The Bertz CT molecular complexity index is 546. The normalized spacial score (nSPS) is 14.1. The second kappa shape index (κ2) is 6.40. The predicted molar refractivity (Wildman–Crippen MR) is 68.9 cm³/mol. The minimum Gasteiger partial charge on any atom is -0.370 e. The third-order valence-corrected chi connectivity index (χ3v) is 3.88. The molecule has 1 aromatic heterocycles. The third kappa shape index (κ3) is 5.33. The fourth-order valence-corrected chi connectivity index (χ4v) is 2.83. The highest BCUT2D eigenvalue weighted by Crippen LogP contribution is 2.22. The summed E-state index contributed by atoms with van der Waals surface area (Å²) in [6.45, 7) is 3.53. The molecule has 2 N–H and O–H groups in total. The molecule has 114 valence electrons. The maximum absolute atomic E-state index is 12.2. The predicted octanol–water partition coefficient (Wildman–Crippen LogP) is 2.13. The first-order chi connectivity index (χ1) is 9.14. The Morgan fingerprint density at radius 3 is 2.60 bits per heavy atom. The van der Waals surface area contributed by atoms with E-state index in [2.05, 4.69) is 10.3 Å². The molecule has 5 nitrogen and oxygen atoms in total. The number of nitrogens with zero attached hydrogens (tertiary/aromatic N) is 1. The molecule has 0 aromatic carbocycles. The molecule has 0 radical (unpaired) electrons. The standard InChI is InChI=1S/C11H16F3N3O2S/c1-3-15-10-6-9(4-5-16-10)20(18,19)17-8(2)7-11(12,13)14/h4-6,8,17H,3,7H2,1-2H3,(H,15,16). The largest absolute Gasteiger partial charge is 0.390 e. The molecule has 1 aromatic rings. The van der Waals surface area contributed by atoms with Crippen LogP contribution in [-0.2, 0) is 10.0 Å². The van der Waals surface area contributed by atoms with Gasteiger partial charge in [0.1, 0.15) is 5.82 Å². The van der Waals surface area contributed by atoms with Gasteiger partial charge in [-0.2, -0.15) is 13.2 Å². The van der Waals surface area contributed by atoms with E-state index >= 15 is 0 Å². The van der Waals surface area contributed by atoms with Crippen LogP contribution in [0.15, 0.2) is 23.2 Å². The van der Waals surface area contributed by atoms with Crippen molar-refractivity contribution in [3.63, 3.8) is 0 Å². The molecular formula is C11H16F3N3O2S. The van der Waals surface area contributed by atoms with Crippen LogP contribution in [0.3, 0.4) is 0 Å². The van der Waals surface area contributed by atoms with E-state index < -0.39 is 28.7 Å². The minimum absolute atomic E-state index is 0.127. The summed E-state index contributed by atoms with van der Waals surface area (Å²) >= 11 is 0. The summed E-state index contributed by atoms with van der Waals surface area (Å²) in [5.74, 6) is 0.346. The summed E-state index contributed by atoms with van der Waals surface area (Å²) in [7, 11) is -4.00. The zero-order chi connectivity index (χ0) is 15.4. The van der Waals surface area contributed by atoms with Gasteiger partial charge in [-0.05, 0) is 19.9 Å². The number of alkyl halides is 3. The Hall–Kier alpha value is -1.35. The summed E-state index contributed by atoms with van der Waals surface area (Å²) < 4.78 is 62.5. The maximum Gasteiger partial charge on any atom is 0.390 e. The summed E-state index contributed by atoms with van der Waals surface area (Å²) in [6, 6.07) is 1.26. The summed E-state index contributed by atoms with van der Waals surface area (Å²) in [5.41, 5.74) is 0. The van der Waals surface area contributed by atoms with E-state index in [1.165, 1.54) is 18.3 Å². The molecule has 0 saturated heterocycles.